The molecule has 2 heterocycles. The Kier molecular flexibility index (Phi) is 3.51. The van der Waals surface area contributed by atoms with E-state index in [1.165, 1.54) is 11.7 Å². The molecular formula is C20H19N3OS. The fourth-order valence-corrected chi connectivity index (χ4v) is 3.82. The summed E-state index contributed by atoms with van der Waals surface area (Å²) in [5.41, 5.74) is 5.13. The van der Waals surface area contributed by atoms with Gasteiger partial charge in [-0.3, -0.25) is 9.36 Å². The van der Waals surface area contributed by atoms with Crippen LogP contribution in [0.5, 0.6) is 0 Å². The number of hydrogen-bond donors (Lipinski definition) is 0. The summed E-state index contributed by atoms with van der Waals surface area (Å²) < 4.78 is 10.7. The number of carbonyl (C=O) groups is 1. The minimum Gasteiger partial charge on any atom is -0.279 e. The van der Waals surface area contributed by atoms with E-state index in [0.717, 1.165) is 38.8 Å². The van der Waals surface area contributed by atoms with Crippen LogP contribution < -0.4 is 0 Å². The van der Waals surface area contributed by atoms with Crippen molar-refractivity contribution < 1.29 is 4.79 Å². The van der Waals surface area contributed by atoms with Gasteiger partial charge in [-0.2, -0.15) is 8.75 Å². The van der Waals surface area contributed by atoms with E-state index in [-0.39, 0.29) is 5.91 Å². The van der Waals surface area contributed by atoms with Gasteiger partial charge in [-0.05, 0) is 24.6 Å². The van der Waals surface area contributed by atoms with E-state index in [4.69, 9.17) is 0 Å². The molecule has 126 valence electrons. The van der Waals surface area contributed by atoms with Gasteiger partial charge >= 0.3 is 0 Å². The fraction of sp³-hybridized carbons (Fsp3) is 0.250. The highest BCUT2D eigenvalue weighted by Gasteiger charge is 2.29. The Balaban J connectivity index is 2.15. The third kappa shape index (κ3) is 2.38. The topological polar surface area (TPSA) is 47.8 Å². The van der Waals surface area contributed by atoms with Crippen molar-refractivity contribution in [3.8, 4) is 11.3 Å². The number of nitrogens with zero attached hydrogens (tertiary/aromatic N) is 3. The molecule has 0 radical (unpaired) electrons. The standard InChI is InChI=1S/C20H19N3OS/c1-12-13-8-5-6-11-16(13)23(19(24)20(2,3)4)18(12)14-9-7-10-15-17(14)22-25-21-15/h5-11H,1-4H3. The molecule has 0 atom stereocenters. The molecule has 0 amide bonds. The molecule has 0 unspecified atom stereocenters. The number of aromatic nitrogens is 3. The zero-order chi connectivity index (χ0) is 17.8. The molecule has 0 aliphatic rings. The van der Waals surface area contributed by atoms with Crippen molar-refractivity contribution in [1.29, 1.82) is 0 Å². The number of para-hydroxylation sites is 1. The number of hydrogen-bond acceptors (Lipinski definition) is 4. The van der Waals surface area contributed by atoms with Crippen LogP contribution in [-0.2, 0) is 0 Å². The van der Waals surface area contributed by atoms with Gasteiger partial charge in [-0.25, -0.2) is 0 Å². The molecule has 0 aliphatic carbocycles. The Morgan fingerprint density at radius 2 is 1.80 bits per heavy atom. The second-order valence-corrected chi connectivity index (χ2v) is 7.85. The summed E-state index contributed by atoms with van der Waals surface area (Å²) in [6.45, 7) is 7.93. The van der Waals surface area contributed by atoms with Gasteiger partial charge < -0.3 is 0 Å². The second-order valence-electron chi connectivity index (χ2n) is 7.32. The molecule has 4 aromatic rings. The van der Waals surface area contributed by atoms with E-state index in [1.807, 2.05) is 61.7 Å². The average Bonchev–Trinajstić information content (AvgIpc) is 3.16. The monoisotopic (exact) mass is 349 g/mol. The van der Waals surface area contributed by atoms with Crippen LogP contribution in [0.4, 0.5) is 0 Å². The maximum Gasteiger partial charge on any atom is 0.236 e. The zero-order valence-corrected chi connectivity index (χ0v) is 15.5. The van der Waals surface area contributed by atoms with Crippen molar-refractivity contribution >= 4 is 39.6 Å². The molecule has 4 nitrogen and oxygen atoms in total. The Morgan fingerprint density at radius 1 is 1.04 bits per heavy atom. The lowest BCUT2D eigenvalue weighted by Gasteiger charge is -2.20. The molecule has 25 heavy (non-hydrogen) atoms. The molecule has 0 fully saturated rings. The zero-order valence-electron chi connectivity index (χ0n) is 14.7. The number of rotatable bonds is 1. The van der Waals surface area contributed by atoms with Crippen LogP contribution in [0.15, 0.2) is 42.5 Å². The molecule has 0 saturated heterocycles. The lowest BCUT2D eigenvalue weighted by molar-refractivity contribution is 0.0775. The van der Waals surface area contributed by atoms with Gasteiger partial charge in [0, 0.05) is 16.4 Å². The number of fused-ring (bicyclic) bond motifs is 2. The first kappa shape index (κ1) is 16.0. The number of benzene rings is 2. The van der Waals surface area contributed by atoms with E-state index in [1.54, 1.807) is 0 Å². The second kappa shape index (κ2) is 5.49. The van der Waals surface area contributed by atoms with Crippen LogP contribution in [-0.4, -0.2) is 19.2 Å². The van der Waals surface area contributed by atoms with Crippen molar-refractivity contribution in [2.75, 3.05) is 0 Å². The molecular weight excluding hydrogens is 330 g/mol. The largest absolute Gasteiger partial charge is 0.279 e. The molecule has 5 heteroatoms. The fourth-order valence-electron chi connectivity index (χ4n) is 3.27. The van der Waals surface area contributed by atoms with Crippen LogP contribution in [0.3, 0.4) is 0 Å². The third-order valence-corrected chi connectivity index (χ3v) is 5.06. The first-order valence-corrected chi connectivity index (χ1v) is 8.99. The van der Waals surface area contributed by atoms with Crippen molar-refractivity contribution in [1.82, 2.24) is 13.3 Å². The normalized spacial score (nSPS) is 12.2. The predicted octanol–water partition coefficient (Wildman–Crippen LogP) is 5.31. The van der Waals surface area contributed by atoms with Crippen LogP contribution in [0.1, 0.15) is 31.1 Å². The number of carbonyl (C=O) groups excluding carboxylic acids is 1. The molecule has 4 rings (SSSR count). The molecule has 0 saturated carbocycles. The van der Waals surface area contributed by atoms with Crippen molar-refractivity contribution in [3.05, 3.63) is 48.0 Å². The summed E-state index contributed by atoms with van der Waals surface area (Å²) in [4.78, 5) is 13.3. The van der Waals surface area contributed by atoms with Crippen LogP contribution in [0, 0.1) is 12.3 Å². The first-order chi connectivity index (χ1) is 11.9. The minimum atomic E-state index is -0.489. The molecule has 0 spiro atoms. The maximum atomic E-state index is 13.3. The van der Waals surface area contributed by atoms with Gasteiger partial charge in [0.05, 0.1) is 22.9 Å². The lowest BCUT2D eigenvalue weighted by Crippen LogP contribution is -2.27. The summed E-state index contributed by atoms with van der Waals surface area (Å²) in [5.74, 6) is 0.0759. The molecule has 2 aromatic heterocycles. The van der Waals surface area contributed by atoms with Crippen LogP contribution in [0.25, 0.3) is 33.2 Å². The minimum absolute atomic E-state index is 0.0759. The predicted molar refractivity (Wildman–Crippen MR) is 103 cm³/mol. The smallest absolute Gasteiger partial charge is 0.236 e. The van der Waals surface area contributed by atoms with Gasteiger partial charge in [-0.1, -0.05) is 51.1 Å². The van der Waals surface area contributed by atoms with Crippen LogP contribution in [0.2, 0.25) is 0 Å². The van der Waals surface area contributed by atoms with Crippen LogP contribution >= 0.6 is 11.7 Å². The lowest BCUT2D eigenvalue weighted by atomic mass is 9.95. The Labute approximate surface area is 150 Å². The quantitative estimate of drug-likeness (QED) is 0.468. The van der Waals surface area contributed by atoms with E-state index < -0.39 is 5.41 Å². The Morgan fingerprint density at radius 3 is 2.56 bits per heavy atom. The highest BCUT2D eigenvalue weighted by atomic mass is 32.1. The molecule has 2 aromatic carbocycles. The summed E-state index contributed by atoms with van der Waals surface area (Å²) in [7, 11) is 0. The highest BCUT2D eigenvalue weighted by molar-refractivity contribution is 7.00. The molecule has 0 aliphatic heterocycles. The van der Waals surface area contributed by atoms with Gasteiger partial charge in [-0.15, -0.1) is 0 Å². The van der Waals surface area contributed by atoms with E-state index in [0.29, 0.717) is 0 Å². The van der Waals surface area contributed by atoms with Crippen molar-refractivity contribution in [3.63, 3.8) is 0 Å². The molecule has 0 bridgehead atoms. The number of aryl methyl sites for hydroxylation is 1. The van der Waals surface area contributed by atoms with Gasteiger partial charge in [0.2, 0.25) is 5.91 Å². The maximum absolute atomic E-state index is 13.3. The van der Waals surface area contributed by atoms with Gasteiger partial charge in [0.25, 0.3) is 0 Å². The van der Waals surface area contributed by atoms with E-state index >= 15 is 0 Å². The first-order valence-electron chi connectivity index (χ1n) is 8.26. The Bertz CT molecular complexity index is 1120. The van der Waals surface area contributed by atoms with Gasteiger partial charge in [0.1, 0.15) is 11.0 Å². The summed E-state index contributed by atoms with van der Waals surface area (Å²) >= 11 is 1.20. The summed E-state index contributed by atoms with van der Waals surface area (Å²) in [5, 5.41) is 1.09. The average molecular weight is 349 g/mol. The summed E-state index contributed by atoms with van der Waals surface area (Å²) in [6, 6.07) is 14.0. The SMILES string of the molecule is Cc1c(-c2cccc3nsnc23)n(C(=O)C(C)(C)C)c2ccccc12. The van der Waals surface area contributed by atoms with E-state index in [2.05, 4.69) is 21.7 Å². The van der Waals surface area contributed by atoms with Gasteiger partial charge in [0.15, 0.2) is 0 Å². The third-order valence-electron chi connectivity index (χ3n) is 4.51. The Hall–Kier alpha value is -2.53. The van der Waals surface area contributed by atoms with Crippen molar-refractivity contribution in [2.45, 2.75) is 27.7 Å². The summed E-state index contributed by atoms with van der Waals surface area (Å²) in [6.07, 6.45) is 0. The van der Waals surface area contributed by atoms with Crippen molar-refractivity contribution in [2.24, 2.45) is 5.41 Å². The van der Waals surface area contributed by atoms with E-state index in [9.17, 15) is 4.79 Å². The molecule has 0 N–H and O–H groups in total. The highest BCUT2D eigenvalue weighted by Crippen LogP contribution is 2.38.